The van der Waals surface area contributed by atoms with Gasteiger partial charge in [0.15, 0.2) is 0 Å². The molecule has 1 radical (unpaired) electrons. The van der Waals surface area contributed by atoms with Gasteiger partial charge in [-0.3, -0.25) is 14.6 Å². The molecule has 0 amide bonds. The first-order chi connectivity index (χ1) is 20.6. The summed E-state index contributed by atoms with van der Waals surface area (Å²) in [5.74, 6) is 0.0415. The molecule has 0 spiro atoms. The zero-order valence-electron chi connectivity index (χ0n) is 27.7. The van der Waals surface area contributed by atoms with Crippen LogP contribution < -0.4 is 0 Å². The molecule has 2 aromatic heterocycles. The summed E-state index contributed by atoms with van der Waals surface area (Å²) >= 11 is 0. The van der Waals surface area contributed by atoms with E-state index in [2.05, 4.69) is 87.5 Å². The Morgan fingerprint density at radius 2 is 1.24 bits per heavy atom. The Bertz CT molecular complexity index is 2010. The van der Waals surface area contributed by atoms with Gasteiger partial charge in [0, 0.05) is 52.8 Å². The van der Waals surface area contributed by atoms with Gasteiger partial charge in [0.25, 0.3) is 0 Å². The minimum atomic E-state index is -0.402. The Hall–Kier alpha value is -3.66. The van der Waals surface area contributed by atoms with Crippen molar-refractivity contribution in [3.05, 3.63) is 90.5 Å². The second-order valence-electron chi connectivity index (χ2n) is 14.7. The number of carbonyl (C=O) groups excluding carboxylic acids is 2. The molecule has 0 saturated carbocycles. The SMILES string of the molecule is CC(C)(C)C(=O)CC(=O)C(C)(C)C.CC(C)(C)c1cc(-c2nc3ccccc3c3c2oc2ccccc23)[c-]c2ccccc12.[Ir]. The minimum absolute atomic E-state index is 0. The van der Waals surface area contributed by atoms with Gasteiger partial charge in [-0.25, -0.2) is 0 Å². The number of Topliss-reactive ketones (excluding diaryl/α,β-unsaturated/α-hetero) is 2. The molecule has 0 aliphatic carbocycles. The number of nitrogens with zero attached hydrogens (tertiary/aromatic N) is 1. The van der Waals surface area contributed by atoms with Crippen LogP contribution in [0.3, 0.4) is 0 Å². The number of ketones is 2. The van der Waals surface area contributed by atoms with Gasteiger partial charge in [-0.15, -0.1) is 29.1 Å². The van der Waals surface area contributed by atoms with Crippen LogP contribution >= 0.6 is 0 Å². The standard InChI is InChI=1S/C29H22NO.C11H20O2.Ir/c1-29(2,3)23-17-19(16-18-10-4-5-11-20(18)23)27-28-26(21-12-6-8-14-24(21)30-27)22-13-7-9-15-25(22)31-28;1-10(2,3)8(12)7-9(13)11(4,5)6;/h4-15,17H,1-3H3;7H2,1-6H3;/q-1;;. The normalized spacial score (nSPS) is 12.2. The van der Waals surface area contributed by atoms with E-state index in [4.69, 9.17) is 9.40 Å². The summed E-state index contributed by atoms with van der Waals surface area (Å²) in [6, 6.07) is 30.9. The van der Waals surface area contributed by atoms with Gasteiger partial charge in [-0.05, 0) is 17.5 Å². The second kappa shape index (κ2) is 12.6. The summed E-state index contributed by atoms with van der Waals surface area (Å²) in [6.07, 6.45) is 0.0625. The van der Waals surface area contributed by atoms with Crippen molar-refractivity contribution in [2.75, 3.05) is 0 Å². The molecular formula is C40H42IrNO3-. The van der Waals surface area contributed by atoms with E-state index in [9.17, 15) is 9.59 Å². The number of para-hydroxylation sites is 2. The van der Waals surface area contributed by atoms with Gasteiger partial charge in [-0.1, -0.05) is 128 Å². The Labute approximate surface area is 280 Å². The number of rotatable bonds is 3. The first-order valence-corrected chi connectivity index (χ1v) is 15.3. The molecule has 6 aromatic rings. The van der Waals surface area contributed by atoms with Crippen LogP contribution in [0, 0.1) is 16.9 Å². The van der Waals surface area contributed by atoms with Crippen molar-refractivity contribution >= 4 is 55.2 Å². The molecule has 0 atom stereocenters. The molecule has 0 unspecified atom stereocenters. The Kier molecular flexibility index (Phi) is 9.59. The van der Waals surface area contributed by atoms with Gasteiger partial charge >= 0.3 is 0 Å². The Balaban J connectivity index is 0.000000283. The molecule has 235 valence electrons. The number of hydrogen-bond acceptors (Lipinski definition) is 4. The van der Waals surface area contributed by atoms with E-state index >= 15 is 0 Å². The molecule has 4 aromatic carbocycles. The topological polar surface area (TPSA) is 60.2 Å². The van der Waals surface area contributed by atoms with Crippen molar-refractivity contribution in [2.45, 2.75) is 74.1 Å². The predicted octanol–water partition coefficient (Wildman–Crippen LogP) is 10.7. The first-order valence-electron chi connectivity index (χ1n) is 15.3. The first kappa shape index (κ1) is 34.2. The van der Waals surface area contributed by atoms with Crippen LogP contribution in [0.5, 0.6) is 0 Å². The average Bonchev–Trinajstić information content (AvgIpc) is 3.35. The maximum Gasteiger partial charge on any atom is 0.145 e. The summed E-state index contributed by atoms with van der Waals surface area (Å²) in [5.41, 5.74) is 4.97. The summed E-state index contributed by atoms with van der Waals surface area (Å²) in [6.45, 7) is 17.8. The van der Waals surface area contributed by atoms with Crippen molar-refractivity contribution in [3.63, 3.8) is 0 Å². The van der Waals surface area contributed by atoms with E-state index in [0.717, 1.165) is 49.5 Å². The predicted molar refractivity (Wildman–Crippen MR) is 183 cm³/mol. The van der Waals surface area contributed by atoms with Crippen molar-refractivity contribution in [2.24, 2.45) is 10.8 Å². The molecule has 2 heterocycles. The van der Waals surface area contributed by atoms with E-state index in [0.29, 0.717) is 0 Å². The molecular weight excluding hydrogens is 735 g/mol. The van der Waals surface area contributed by atoms with Crippen molar-refractivity contribution in [1.82, 2.24) is 4.98 Å². The zero-order chi connectivity index (χ0) is 32.0. The van der Waals surface area contributed by atoms with E-state index in [-0.39, 0.29) is 43.5 Å². The van der Waals surface area contributed by atoms with Crippen LogP contribution in [-0.4, -0.2) is 16.6 Å². The fourth-order valence-corrected chi connectivity index (χ4v) is 5.27. The summed E-state index contributed by atoms with van der Waals surface area (Å²) in [4.78, 5) is 28.1. The van der Waals surface area contributed by atoms with Crippen molar-refractivity contribution in [1.29, 1.82) is 0 Å². The molecule has 6 rings (SSSR count). The molecule has 45 heavy (non-hydrogen) atoms. The fraction of sp³-hybridized carbons (Fsp3) is 0.325. The van der Waals surface area contributed by atoms with E-state index in [1.54, 1.807) is 0 Å². The maximum absolute atomic E-state index is 11.5. The number of carbonyl (C=O) groups is 2. The molecule has 0 fully saturated rings. The van der Waals surface area contributed by atoms with Crippen LogP contribution in [0.15, 0.2) is 83.3 Å². The second-order valence-corrected chi connectivity index (χ2v) is 14.7. The number of aromatic nitrogens is 1. The Morgan fingerprint density at radius 3 is 1.84 bits per heavy atom. The van der Waals surface area contributed by atoms with E-state index < -0.39 is 10.8 Å². The quantitative estimate of drug-likeness (QED) is 0.133. The molecule has 5 heteroatoms. The minimum Gasteiger partial charge on any atom is -0.462 e. The average molecular weight is 777 g/mol. The van der Waals surface area contributed by atoms with E-state index in [1.807, 2.05) is 59.7 Å². The van der Waals surface area contributed by atoms with Crippen LogP contribution in [-0.2, 0) is 35.1 Å². The molecule has 0 bridgehead atoms. The number of fused-ring (bicyclic) bond motifs is 6. The van der Waals surface area contributed by atoms with Crippen molar-refractivity contribution in [3.8, 4) is 11.3 Å². The maximum atomic E-state index is 11.5. The fourth-order valence-electron chi connectivity index (χ4n) is 5.27. The van der Waals surface area contributed by atoms with Crippen LogP contribution in [0.1, 0.15) is 74.3 Å². The third kappa shape index (κ3) is 7.11. The summed E-state index contributed by atoms with van der Waals surface area (Å²) in [7, 11) is 0. The summed E-state index contributed by atoms with van der Waals surface area (Å²) in [5, 5.41) is 5.69. The van der Waals surface area contributed by atoms with Crippen LogP contribution in [0.4, 0.5) is 0 Å². The number of benzene rings is 4. The molecule has 4 nitrogen and oxygen atoms in total. The molecule has 0 aliphatic rings. The third-order valence-corrected chi connectivity index (χ3v) is 8.05. The zero-order valence-corrected chi connectivity index (χ0v) is 30.1. The van der Waals surface area contributed by atoms with Crippen LogP contribution in [0.2, 0.25) is 0 Å². The van der Waals surface area contributed by atoms with Gasteiger partial charge in [0.05, 0.1) is 11.9 Å². The number of hydrogen-bond donors (Lipinski definition) is 0. The smallest absolute Gasteiger partial charge is 0.145 e. The molecule has 0 saturated heterocycles. The number of furan rings is 1. The molecule has 0 aliphatic heterocycles. The van der Waals surface area contributed by atoms with Crippen molar-refractivity contribution < 1.29 is 34.1 Å². The Morgan fingerprint density at radius 1 is 0.711 bits per heavy atom. The van der Waals surface area contributed by atoms with Gasteiger partial charge in [0.1, 0.15) is 22.7 Å². The monoisotopic (exact) mass is 777 g/mol. The third-order valence-electron chi connectivity index (χ3n) is 8.05. The molecule has 0 N–H and O–H groups in total. The van der Waals surface area contributed by atoms with Gasteiger partial charge in [-0.2, -0.15) is 0 Å². The van der Waals surface area contributed by atoms with Gasteiger partial charge < -0.3 is 4.42 Å². The number of pyridine rings is 1. The summed E-state index contributed by atoms with van der Waals surface area (Å²) < 4.78 is 6.40. The van der Waals surface area contributed by atoms with Crippen LogP contribution in [0.25, 0.3) is 54.9 Å². The largest absolute Gasteiger partial charge is 0.462 e. The van der Waals surface area contributed by atoms with E-state index in [1.165, 1.54) is 10.9 Å². The van der Waals surface area contributed by atoms with Gasteiger partial charge in [0.2, 0.25) is 0 Å².